The van der Waals surface area contributed by atoms with E-state index in [0.717, 1.165) is 5.92 Å². The Labute approximate surface area is 69.3 Å². The Morgan fingerprint density at radius 2 is 1.70 bits per heavy atom. The van der Waals surface area contributed by atoms with Gasteiger partial charge in [0.25, 0.3) is 0 Å². The SMILES string of the molecule is CC1=C(C)C(C)C([SiH3])=C1[SiH3]. The molecule has 1 unspecified atom stereocenters. The highest BCUT2D eigenvalue weighted by molar-refractivity contribution is 6.34. The number of hydrogen-bond acceptors (Lipinski definition) is 0. The van der Waals surface area contributed by atoms with E-state index in [0.29, 0.717) is 0 Å². The molecule has 0 N–H and O–H groups in total. The first kappa shape index (κ1) is 8.01. The summed E-state index contributed by atoms with van der Waals surface area (Å²) >= 11 is 0. The van der Waals surface area contributed by atoms with Crippen molar-refractivity contribution in [2.24, 2.45) is 5.92 Å². The summed E-state index contributed by atoms with van der Waals surface area (Å²) in [6, 6.07) is 0. The summed E-state index contributed by atoms with van der Waals surface area (Å²) < 4.78 is 0. The lowest BCUT2D eigenvalue weighted by atomic mass is 10.1. The molecular formula is C8H16Si2. The summed E-state index contributed by atoms with van der Waals surface area (Å²) in [4.78, 5) is 0. The fraction of sp³-hybridized carbons (Fsp3) is 0.500. The van der Waals surface area contributed by atoms with Gasteiger partial charge in [0.15, 0.2) is 0 Å². The van der Waals surface area contributed by atoms with Crippen LogP contribution in [-0.2, 0) is 0 Å². The lowest BCUT2D eigenvalue weighted by Gasteiger charge is -2.05. The monoisotopic (exact) mass is 168 g/mol. The van der Waals surface area contributed by atoms with Gasteiger partial charge in [-0.25, -0.2) is 0 Å². The summed E-state index contributed by atoms with van der Waals surface area (Å²) in [6.07, 6.45) is 0. The van der Waals surface area contributed by atoms with Gasteiger partial charge < -0.3 is 0 Å². The molecule has 0 spiro atoms. The van der Waals surface area contributed by atoms with Crippen LogP contribution in [0.1, 0.15) is 20.8 Å². The Morgan fingerprint density at radius 1 is 1.20 bits per heavy atom. The molecule has 0 aromatic carbocycles. The molecule has 0 aromatic heterocycles. The molecule has 1 atom stereocenters. The van der Waals surface area contributed by atoms with Gasteiger partial charge in [0.2, 0.25) is 0 Å². The zero-order chi connectivity index (χ0) is 7.89. The third-order valence-electron chi connectivity index (χ3n) is 3.04. The standard InChI is InChI=1S/C8H16Si2/c1-4-5(2)7(9)8(10)6(4)3/h5H,1-3,9-10H3. The van der Waals surface area contributed by atoms with E-state index >= 15 is 0 Å². The number of rotatable bonds is 0. The molecule has 1 aliphatic carbocycles. The van der Waals surface area contributed by atoms with Crippen molar-refractivity contribution in [1.29, 1.82) is 0 Å². The number of hydrogen-bond donors (Lipinski definition) is 0. The van der Waals surface area contributed by atoms with Crippen LogP contribution in [0.15, 0.2) is 21.5 Å². The second-order valence-electron chi connectivity index (χ2n) is 3.34. The molecule has 0 aromatic rings. The molecule has 10 heavy (non-hydrogen) atoms. The second-order valence-corrected chi connectivity index (χ2v) is 5.42. The van der Waals surface area contributed by atoms with Crippen LogP contribution in [-0.4, -0.2) is 20.5 Å². The molecule has 0 heterocycles. The lowest BCUT2D eigenvalue weighted by molar-refractivity contribution is 0.858. The van der Waals surface area contributed by atoms with Gasteiger partial charge in [-0.3, -0.25) is 0 Å². The van der Waals surface area contributed by atoms with Gasteiger partial charge in [-0.1, -0.05) is 28.5 Å². The molecular weight excluding hydrogens is 152 g/mol. The van der Waals surface area contributed by atoms with E-state index in [9.17, 15) is 0 Å². The summed E-state index contributed by atoms with van der Waals surface area (Å²) in [5, 5.41) is 3.46. The van der Waals surface area contributed by atoms with E-state index in [4.69, 9.17) is 0 Å². The van der Waals surface area contributed by atoms with Crippen LogP contribution in [0.4, 0.5) is 0 Å². The molecule has 0 aliphatic heterocycles. The van der Waals surface area contributed by atoms with Gasteiger partial charge in [0, 0.05) is 20.5 Å². The minimum absolute atomic E-state index is 0.791. The van der Waals surface area contributed by atoms with Gasteiger partial charge in [0.1, 0.15) is 0 Å². The zero-order valence-corrected chi connectivity index (χ0v) is 11.6. The Bertz CT molecular complexity index is 199. The lowest BCUT2D eigenvalue weighted by Crippen LogP contribution is -1.96. The fourth-order valence-electron chi connectivity index (χ4n) is 1.57. The molecule has 2 heteroatoms. The molecule has 0 radical (unpaired) electrons. The first-order chi connectivity index (χ1) is 4.55. The normalized spacial score (nSPS) is 27.3. The van der Waals surface area contributed by atoms with Crippen LogP contribution in [0.3, 0.4) is 0 Å². The van der Waals surface area contributed by atoms with Crippen LogP contribution in [0, 0.1) is 5.92 Å². The van der Waals surface area contributed by atoms with Crippen molar-refractivity contribution in [2.75, 3.05) is 0 Å². The molecule has 0 amide bonds. The molecule has 56 valence electrons. The van der Waals surface area contributed by atoms with Crippen molar-refractivity contribution in [3.63, 3.8) is 0 Å². The van der Waals surface area contributed by atoms with Gasteiger partial charge in [-0.15, -0.1) is 0 Å². The van der Waals surface area contributed by atoms with E-state index in [-0.39, 0.29) is 0 Å². The predicted octanol–water partition coefficient (Wildman–Crippen LogP) is -0.0851. The van der Waals surface area contributed by atoms with Gasteiger partial charge in [-0.2, -0.15) is 0 Å². The Kier molecular flexibility index (Phi) is 2.01. The summed E-state index contributed by atoms with van der Waals surface area (Å²) in [6.45, 7) is 6.90. The molecule has 0 saturated heterocycles. The minimum atomic E-state index is 0.791. The predicted molar refractivity (Wildman–Crippen MR) is 54.4 cm³/mol. The van der Waals surface area contributed by atoms with Crippen molar-refractivity contribution < 1.29 is 0 Å². The largest absolute Gasteiger partial charge is 0.0865 e. The molecule has 0 nitrogen and oxygen atoms in total. The minimum Gasteiger partial charge on any atom is -0.0865 e. The molecule has 0 saturated carbocycles. The highest BCUT2D eigenvalue weighted by atomic mass is 28.2. The van der Waals surface area contributed by atoms with Crippen LogP contribution in [0.2, 0.25) is 0 Å². The Morgan fingerprint density at radius 3 is 1.80 bits per heavy atom. The molecule has 1 aliphatic rings. The summed E-state index contributed by atoms with van der Waals surface area (Å²) in [7, 11) is 2.52. The van der Waals surface area contributed by atoms with E-state index in [2.05, 4.69) is 20.8 Å². The second kappa shape index (κ2) is 2.51. The highest BCUT2D eigenvalue weighted by Crippen LogP contribution is 2.32. The highest BCUT2D eigenvalue weighted by Gasteiger charge is 2.18. The van der Waals surface area contributed by atoms with Crippen LogP contribution < -0.4 is 0 Å². The van der Waals surface area contributed by atoms with Crippen molar-refractivity contribution in [3.05, 3.63) is 21.5 Å². The molecule has 1 rings (SSSR count). The summed E-state index contributed by atoms with van der Waals surface area (Å²) in [5.74, 6) is 0.791. The van der Waals surface area contributed by atoms with E-state index < -0.39 is 0 Å². The maximum Gasteiger partial charge on any atom is 0.0382 e. The quantitative estimate of drug-likeness (QED) is 0.444. The van der Waals surface area contributed by atoms with Crippen molar-refractivity contribution in [2.45, 2.75) is 20.8 Å². The fourth-order valence-corrected chi connectivity index (χ4v) is 3.20. The van der Waals surface area contributed by atoms with Crippen LogP contribution in [0.5, 0.6) is 0 Å². The molecule has 0 bridgehead atoms. The first-order valence-electron chi connectivity index (χ1n) is 3.90. The third-order valence-corrected chi connectivity index (χ3v) is 7.20. The van der Waals surface area contributed by atoms with Crippen LogP contribution >= 0.6 is 0 Å². The smallest absolute Gasteiger partial charge is 0.0382 e. The van der Waals surface area contributed by atoms with Crippen molar-refractivity contribution in [1.82, 2.24) is 0 Å². The van der Waals surface area contributed by atoms with E-state index in [1.165, 1.54) is 20.5 Å². The number of allylic oxidation sites excluding steroid dienone is 4. The average molecular weight is 168 g/mol. The Hall–Kier alpha value is -0.0862. The Balaban J connectivity index is 3.09. The maximum absolute atomic E-state index is 2.34. The summed E-state index contributed by atoms with van der Waals surface area (Å²) in [5.41, 5.74) is 3.22. The topological polar surface area (TPSA) is 0 Å². The van der Waals surface area contributed by atoms with Crippen LogP contribution in [0.25, 0.3) is 0 Å². The average Bonchev–Trinajstić information content (AvgIpc) is 2.07. The maximum atomic E-state index is 2.34. The van der Waals surface area contributed by atoms with E-state index in [1.54, 1.807) is 21.5 Å². The van der Waals surface area contributed by atoms with Gasteiger partial charge >= 0.3 is 0 Å². The van der Waals surface area contributed by atoms with Crippen molar-refractivity contribution >= 4 is 20.5 Å². The van der Waals surface area contributed by atoms with Gasteiger partial charge in [-0.05, 0) is 19.8 Å². The zero-order valence-electron chi connectivity index (χ0n) is 7.58. The van der Waals surface area contributed by atoms with Gasteiger partial charge in [0.05, 0.1) is 0 Å². The third kappa shape index (κ3) is 0.954. The van der Waals surface area contributed by atoms with E-state index in [1.807, 2.05) is 0 Å². The molecule has 0 fully saturated rings. The first-order valence-corrected chi connectivity index (χ1v) is 5.90. The van der Waals surface area contributed by atoms with Crippen molar-refractivity contribution in [3.8, 4) is 0 Å².